The molecule has 1 heteroatoms. The van der Waals surface area contributed by atoms with E-state index in [2.05, 4.69) is 12.4 Å². The van der Waals surface area contributed by atoms with Crippen LogP contribution in [-0.4, -0.2) is 13.6 Å². The second-order valence-electron chi connectivity index (χ2n) is 6.35. The second-order valence-corrected chi connectivity index (χ2v) is 6.35. The van der Waals surface area contributed by atoms with E-state index in [0.29, 0.717) is 0 Å². The van der Waals surface area contributed by atoms with Gasteiger partial charge in [-0.05, 0) is 67.7 Å². The summed E-state index contributed by atoms with van der Waals surface area (Å²) in [5, 5.41) is 3.43. The molecule has 0 aliphatic heterocycles. The Morgan fingerprint density at radius 1 is 1.31 bits per heavy atom. The first-order chi connectivity index (χ1) is 6.28. The maximum Gasteiger partial charge on any atom is 0.000522 e. The molecule has 13 heavy (non-hydrogen) atoms. The van der Waals surface area contributed by atoms with E-state index >= 15 is 0 Å². The molecule has 1 nitrogen and oxygen atoms in total. The average Bonchev–Trinajstić information content (AvgIpc) is 2.92. The van der Waals surface area contributed by atoms with Gasteiger partial charge >= 0.3 is 0 Å². The molecule has 5 unspecified atom stereocenters. The lowest BCUT2D eigenvalue weighted by Gasteiger charge is -2.36. The van der Waals surface area contributed by atoms with E-state index in [1.54, 1.807) is 32.1 Å². The monoisotopic (exact) mass is 177 g/mol. The lowest BCUT2D eigenvalue weighted by Crippen LogP contribution is -2.35. The summed E-state index contributed by atoms with van der Waals surface area (Å²) >= 11 is 0. The van der Waals surface area contributed by atoms with E-state index < -0.39 is 0 Å². The van der Waals surface area contributed by atoms with Crippen molar-refractivity contribution in [1.82, 2.24) is 5.32 Å². The van der Waals surface area contributed by atoms with Gasteiger partial charge in [-0.15, -0.1) is 0 Å². The van der Waals surface area contributed by atoms with Gasteiger partial charge in [0.2, 0.25) is 0 Å². The summed E-state index contributed by atoms with van der Waals surface area (Å²) in [6.07, 6.45) is 7.94. The zero-order valence-electron chi connectivity index (χ0n) is 8.47. The van der Waals surface area contributed by atoms with E-state index in [-0.39, 0.29) is 0 Å². The van der Waals surface area contributed by atoms with Crippen LogP contribution in [0.4, 0.5) is 0 Å². The lowest BCUT2D eigenvalue weighted by molar-refractivity contribution is 0.156. The van der Waals surface area contributed by atoms with Crippen LogP contribution in [0.2, 0.25) is 0 Å². The Bertz CT molecular complexity index is 270. The highest BCUT2D eigenvalue weighted by Gasteiger charge is 2.75. The lowest BCUT2D eigenvalue weighted by atomic mass is 9.71. The standard InChI is InChI=1S/C12H19N/c1-13-7-11-3-8-2-10(8)12(6-11)5-9(12)4-11/h8-10,13H,2-7H2,1H3. The third-order valence-corrected chi connectivity index (χ3v) is 5.57. The molecule has 72 valence electrons. The van der Waals surface area contributed by atoms with Crippen molar-refractivity contribution in [3.63, 3.8) is 0 Å². The predicted molar refractivity (Wildman–Crippen MR) is 52.3 cm³/mol. The summed E-state index contributed by atoms with van der Waals surface area (Å²) in [6, 6.07) is 0. The van der Waals surface area contributed by atoms with Gasteiger partial charge in [0.05, 0.1) is 0 Å². The number of hydrogen-bond donors (Lipinski definition) is 1. The van der Waals surface area contributed by atoms with Gasteiger partial charge in [-0.2, -0.15) is 0 Å². The van der Waals surface area contributed by atoms with Crippen LogP contribution in [-0.2, 0) is 0 Å². The molecule has 4 fully saturated rings. The number of fused-ring (bicyclic) bond motifs is 2. The molecule has 2 bridgehead atoms. The predicted octanol–water partition coefficient (Wildman–Crippen LogP) is 2.03. The fourth-order valence-electron chi connectivity index (χ4n) is 5.24. The summed E-state index contributed by atoms with van der Waals surface area (Å²) in [4.78, 5) is 0. The Hall–Kier alpha value is -0.0400. The SMILES string of the molecule is CNCC12CC3CC3C3(CC3C1)C2. The van der Waals surface area contributed by atoms with Gasteiger partial charge in [0.1, 0.15) is 0 Å². The van der Waals surface area contributed by atoms with Gasteiger partial charge in [-0.25, -0.2) is 0 Å². The van der Waals surface area contributed by atoms with Crippen molar-refractivity contribution in [2.24, 2.45) is 28.6 Å². The van der Waals surface area contributed by atoms with Gasteiger partial charge < -0.3 is 5.32 Å². The van der Waals surface area contributed by atoms with Gasteiger partial charge in [-0.3, -0.25) is 0 Å². The van der Waals surface area contributed by atoms with Crippen LogP contribution in [0.25, 0.3) is 0 Å². The summed E-state index contributed by atoms with van der Waals surface area (Å²) < 4.78 is 0. The van der Waals surface area contributed by atoms with E-state index in [1.807, 2.05) is 0 Å². The highest BCUT2D eigenvalue weighted by molar-refractivity contribution is 5.25. The first kappa shape index (κ1) is 7.28. The largest absolute Gasteiger partial charge is 0.319 e. The Kier molecular flexibility index (Phi) is 1.03. The maximum absolute atomic E-state index is 3.43. The van der Waals surface area contributed by atoms with Crippen molar-refractivity contribution in [2.45, 2.75) is 32.1 Å². The third-order valence-electron chi connectivity index (χ3n) is 5.57. The minimum Gasteiger partial charge on any atom is -0.319 e. The Morgan fingerprint density at radius 2 is 2.23 bits per heavy atom. The molecule has 4 saturated carbocycles. The molecule has 4 aliphatic carbocycles. The van der Waals surface area contributed by atoms with Crippen molar-refractivity contribution in [2.75, 3.05) is 13.6 Å². The molecule has 0 aromatic rings. The van der Waals surface area contributed by atoms with E-state index in [4.69, 9.17) is 0 Å². The van der Waals surface area contributed by atoms with Crippen molar-refractivity contribution in [1.29, 1.82) is 0 Å². The Labute approximate surface area is 80.3 Å². The summed E-state index contributed by atoms with van der Waals surface area (Å²) in [6.45, 7) is 1.30. The van der Waals surface area contributed by atoms with E-state index in [0.717, 1.165) is 16.7 Å². The van der Waals surface area contributed by atoms with Crippen LogP contribution in [0.3, 0.4) is 0 Å². The molecule has 0 amide bonds. The fraction of sp³-hybridized carbons (Fsp3) is 1.00. The van der Waals surface area contributed by atoms with Crippen molar-refractivity contribution in [3.05, 3.63) is 0 Å². The third kappa shape index (κ3) is 0.707. The molecule has 0 aromatic heterocycles. The topological polar surface area (TPSA) is 12.0 Å². The maximum atomic E-state index is 3.43. The Balaban J connectivity index is 1.69. The number of rotatable bonds is 2. The molecular weight excluding hydrogens is 158 g/mol. The van der Waals surface area contributed by atoms with Gasteiger partial charge in [-0.1, -0.05) is 0 Å². The van der Waals surface area contributed by atoms with Gasteiger partial charge in [0.15, 0.2) is 0 Å². The second kappa shape index (κ2) is 1.84. The smallest absolute Gasteiger partial charge is 0.000522 e. The van der Waals surface area contributed by atoms with Crippen LogP contribution in [0, 0.1) is 28.6 Å². The van der Waals surface area contributed by atoms with Crippen molar-refractivity contribution >= 4 is 0 Å². The molecule has 1 N–H and O–H groups in total. The van der Waals surface area contributed by atoms with Crippen LogP contribution in [0.15, 0.2) is 0 Å². The molecule has 4 rings (SSSR count). The Morgan fingerprint density at radius 3 is 3.08 bits per heavy atom. The normalized spacial score (nSPS) is 65.8. The van der Waals surface area contributed by atoms with E-state index in [9.17, 15) is 0 Å². The molecule has 0 radical (unpaired) electrons. The van der Waals surface area contributed by atoms with E-state index in [1.165, 1.54) is 18.4 Å². The minimum atomic E-state index is 0.759. The quantitative estimate of drug-likeness (QED) is 0.680. The molecule has 0 heterocycles. The zero-order valence-corrected chi connectivity index (χ0v) is 8.47. The first-order valence-corrected chi connectivity index (χ1v) is 5.93. The van der Waals surface area contributed by atoms with Gasteiger partial charge in [0.25, 0.3) is 0 Å². The summed E-state index contributed by atoms with van der Waals surface area (Å²) in [5.41, 5.74) is 1.68. The van der Waals surface area contributed by atoms with Crippen molar-refractivity contribution in [3.8, 4) is 0 Å². The van der Waals surface area contributed by atoms with Crippen LogP contribution in [0.5, 0.6) is 0 Å². The van der Waals surface area contributed by atoms with Crippen LogP contribution < -0.4 is 5.32 Å². The highest BCUT2D eigenvalue weighted by atomic mass is 14.9. The molecule has 0 aromatic carbocycles. The zero-order chi connectivity index (χ0) is 8.68. The van der Waals surface area contributed by atoms with Crippen LogP contribution in [0.1, 0.15) is 32.1 Å². The number of nitrogens with one attached hydrogen (secondary N) is 1. The molecule has 4 aliphatic rings. The van der Waals surface area contributed by atoms with Gasteiger partial charge in [0, 0.05) is 6.54 Å². The van der Waals surface area contributed by atoms with Crippen molar-refractivity contribution < 1.29 is 0 Å². The molecule has 5 atom stereocenters. The molecular formula is C12H19N. The fourth-order valence-corrected chi connectivity index (χ4v) is 5.24. The number of hydrogen-bond acceptors (Lipinski definition) is 1. The van der Waals surface area contributed by atoms with Crippen LogP contribution >= 0.6 is 0 Å². The summed E-state index contributed by atoms with van der Waals surface area (Å²) in [7, 11) is 2.13. The summed E-state index contributed by atoms with van der Waals surface area (Å²) in [5.74, 6) is 3.53. The highest BCUT2D eigenvalue weighted by Crippen LogP contribution is 2.83. The average molecular weight is 177 g/mol. The first-order valence-electron chi connectivity index (χ1n) is 5.93. The minimum absolute atomic E-state index is 0.759. The molecule has 1 spiro atoms. The molecule has 0 saturated heterocycles.